The van der Waals surface area contributed by atoms with Crippen molar-refractivity contribution in [3.05, 3.63) is 0 Å². The van der Waals surface area contributed by atoms with Crippen LogP contribution in [0, 0.1) is 5.92 Å². The molecule has 7 N–H and O–H groups in total. The highest BCUT2D eigenvalue weighted by Crippen LogP contribution is 2.20. The number of hydrogen-bond acceptors (Lipinski definition) is 6. The molecule has 0 unspecified atom stereocenters. The van der Waals surface area contributed by atoms with Gasteiger partial charge in [0, 0.05) is 26.4 Å². The van der Waals surface area contributed by atoms with E-state index in [0.717, 1.165) is 0 Å². The molecule has 3 amide bonds. The van der Waals surface area contributed by atoms with Crippen molar-refractivity contribution < 1.29 is 29.1 Å². The monoisotopic (exact) mass is 468 g/mol. The molecule has 33 heavy (non-hydrogen) atoms. The van der Waals surface area contributed by atoms with Crippen LogP contribution in [0.25, 0.3) is 0 Å². The Balaban J connectivity index is 2.92. The van der Waals surface area contributed by atoms with Crippen molar-refractivity contribution in [2.45, 2.75) is 77.4 Å². The molecule has 1 saturated heterocycles. The second-order valence-corrected chi connectivity index (χ2v) is 8.61. The number of rotatable bonds is 13. The van der Waals surface area contributed by atoms with E-state index in [0.29, 0.717) is 25.8 Å². The second-order valence-electron chi connectivity index (χ2n) is 8.61. The van der Waals surface area contributed by atoms with Gasteiger partial charge in [0.25, 0.3) is 0 Å². The Morgan fingerprint density at radius 1 is 1.09 bits per heavy atom. The molecule has 0 spiro atoms. The maximum atomic E-state index is 13.2. The highest BCUT2D eigenvalue weighted by molar-refractivity contribution is 5.96. The molecule has 1 aliphatic rings. The van der Waals surface area contributed by atoms with Gasteiger partial charge in [-0.05, 0) is 31.6 Å². The SMILES string of the molecule is CC(=O)N[C@@H](CCCN=C(N)N)C(=O)N1CCC[C@H]1C(=O)N[C@@H](CC(=O)O)C(=O)CC(C)C. The summed E-state index contributed by atoms with van der Waals surface area (Å²) in [6, 6.07) is -2.88. The van der Waals surface area contributed by atoms with Crippen LogP contribution in [0.15, 0.2) is 4.99 Å². The Kier molecular flexibility index (Phi) is 11.3. The molecule has 12 heteroatoms. The summed E-state index contributed by atoms with van der Waals surface area (Å²) in [5, 5.41) is 14.3. The van der Waals surface area contributed by atoms with Gasteiger partial charge in [0.15, 0.2) is 11.7 Å². The Labute approximate surface area is 193 Å². The van der Waals surface area contributed by atoms with E-state index in [1.807, 2.05) is 13.8 Å². The first-order chi connectivity index (χ1) is 15.4. The predicted molar refractivity (Wildman–Crippen MR) is 121 cm³/mol. The number of likely N-dealkylation sites (tertiary alicyclic amines) is 1. The van der Waals surface area contributed by atoms with Gasteiger partial charge in [0.1, 0.15) is 12.1 Å². The maximum absolute atomic E-state index is 13.2. The van der Waals surface area contributed by atoms with E-state index in [1.54, 1.807) is 0 Å². The Morgan fingerprint density at radius 2 is 1.76 bits per heavy atom. The minimum atomic E-state index is -1.21. The van der Waals surface area contributed by atoms with Crippen LogP contribution < -0.4 is 22.1 Å². The fraction of sp³-hybridized carbons (Fsp3) is 0.714. The number of amides is 3. The molecule has 0 saturated carbocycles. The van der Waals surface area contributed by atoms with E-state index in [2.05, 4.69) is 15.6 Å². The largest absolute Gasteiger partial charge is 0.481 e. The third-order valence-electron chi connectivity index (χ3n) is 5.15. The molecule has 0 bridgehead atoms. The molecule has 0 aromatic heterocycles. The predicted octanol–water partition coefficient (Wildman–Crippen LogP) is -0.890. The lowest BCUT2D eigenvalue weighted by Crippen LogP contribution is -2.55. The highest BCUT2D eigenvalue weighted by atomic mass is 16.4. The first-order valence-corrected chi connectivity index (χ1v) is 11.1. The number of Topliss-reactive ketones (excluding diaryl/α,β-unsaturated/α-hetero) is 1. The molecular formula is C21H36N6O6. The third kappa shape index (κ3) is 9.87. The molecule has 3 atom stereocenters. The minimum Gasteiger partial charge on any atom is -0.481 e. The van der Waals surface area contributed by atoms with Gasteiger partial charge in [0.05, 0.1) is 12.5 Å². The van der Waals surface area contributed by atoms with Crippen LogP contribution in [-0.4, -0.2) is 76.7 Å². The van der Waals surface area contributed by atoms with E-state index in [-0.39, 0.29) is 37.0 Å². The lowest BCUT2D eigenvalue weighted by Gasteiger charge is -2.29. The molecule has 0 aliphatic carbocycles. The summed E-state index contributed by atoms with van der Waals surface area (Å²) < 4.78 is 0. The van der Waals surface area contributed by atoms with Gasteiger partial charge in [-0.15, -0.1) is 0 Å². The van der Waals surface area contributed by atoms with Crippen LogP contribution in [-0.2, 0) is 24.0 Å². The lowest BCUT2D eigenvalue weighted by atomic mass is 9.99. The van der Waals surface area contributed by atoms with Crippen molar-refractivity contribution >= 4 is 35.4 Å². The fourth-order valence-corrected chi connectivity index (χ4v) is 3.74. The molecule has 0 radical (unpaired) electrons. The number of aliphatic carboxylic acids is 1. The molecule has 0 aromatic carbocycles. The van der Waals surface area contributed by atoms with Crippen LogP contribution in [0.3, 0.4) is 0 Å². The summed E-state index contributed by atoms with van der Waals surface area (Å²) >= 11 is 0. The van der Waals surface area contributed by atoms with Crippen molar-refractivity contribution in [1.29, 1.82) is 0 Å². The van der Waals surface area contributed by atoms with Crippen molar-refractivity contribution in [3.8, 4) is 0 Å². The molecule has 1 fully saturated rings. The van der Waals surface area contributed by atoms with Crippen LogP contribution in [0.4, 0.5) is 0 Å². The zero-order valence-corrected chi connectivity index (χ0v) is 19.5. The standard InChI is InChI=1S/C21H36N6O6/c1-12(2)10-17(29)15(11-18(30)31)26-19(32)16-7-5-9-27(16)20(33)14(25-13(3)28)6-4-8-24-21(22)23/h12,14-16H,4-11H2,1-3H3,(H,25,28)(H,26,32)(H,30,31)(H4,22,23,24)/t14-,15-,16-/m0/s1. The van der Waals surface area contributed by atoms with Gasteiger partial charge in [-0.25, -0.2) is 0 Å². The Hall–Kier alpha value is -3.18. The first kappa shape index (κ1) is 27.9. The highest BCUT2D eigenvalue weighted by Gasteiger charge is 2.38. The summed E-state index contributed by atoms with van der Waals surface area (Å²) in [4.78, 5) is 66.6. The number of carboxylic acid groups (broad SMARTS) is 1. The summed E-state index contributed by atoms with van der Waals surface area (Å²) in [6.45, 7) is 5.53. The average molecular weight is 469 g/mol. The zero-order valence-electron chi connectivity index (χ0n) is 19.5. The van der Waals surface area contributed by atoms with Crippen molar-refractivity contribution in [3.63, 3.8) is 0 Å². The van der Waals surface area contributed by atoms with E-state index in [4.69, 9.17) is 16.6 Å². The van der Waals surface area contributed by atoms with E-state index < -0.39 is 48.2 Å². The molecule has 186 valence electrons. The number of carbonyl (C=O) groups excluding carboxylic acids is 4. The van der Waals surface area contributed by atoms with Crippen LogP contribution in [0.5, 0.6) is 0 Å². The fourth-order valence-electron chi connectivity index (χ4n) is 3.74. The van der Waals surface area contributed by atoms with Crippen LogP contribution in [0.2, 0.25) is 0 Å². The summed E-state index contributed by atoms with van der Waals surface area (Å²) in [7, 11) is 0. The minimum absolute atomic E-state index is 0.00706. The van der Waals surface area contributed by atoms with Crippen LogP contribution >= 0.6 is 0 Å². The molecule has 0 aromatic rings. The Bertz CT molecular complexity index is 764. The molecule has 12 nitrogen and oxygen atoms in total. The van der Waals surface area contributed by atoms with Gasteiger partial charge >= 0.3 is 5.97 Å². The molecule has 1 heterocycles. The van der Waals surface area contributed by atoms with Crippen molar-refractivity contribution in [2.24, 2.45) is 22.4 Å². The number of guanidine groups is 1. The maximum Gasteiger partial charge on any atom is 0.305 e. The van der Waals surface area contributed by atoms with Gasteiger partial charge in [-0.1, -0.05) is 13.8 Å². The van der Waals surface area contributed by atoms with Crippen molar-refractivity contribution in [1.82, 2.24) is 15.5 Å². The molecular weight excluding hydrogens is 432 g/mol. The van der Waals surface area contributed by atoms with E-state index in [9.17, 15) is 24.0 Å². The number of carbonyl (C=O) groups is 5. The quantitative estimate of drug-likeness (QED) is 0.130. The number of ketones is 1. The van der Waals surface area contributed by atoms with Gasteiger partial charge < -0.3 is 32.1 Å². The second kappa shape index (κ2) is 13.4. The topological polar surface area (TPSA) is 197 Å². The van der Waals surface area contributed by atoms with E-state index in [1.165, 1.54) is 11.8 Å². The van der Waals surface area contributed by atoms with Gasteiger partial charge in [-0.2, -0.15) is 0 Å². The Morgan fingerprint density at radius 3 is 2.30 bits per heavy atom. The first-order valence-electron chi connectivity index (χ1n) is 11.1. The van der Waals surface area contributed by atoms with Gasteiger partial charge in [-0.3, -0.25) is 29.0 Å². The number of nitrogens with one attached hydrogen (secondary N) is 2. The van der Waals surface area contributed by atoms with E-state index >= 15 is 0 Å². The number of carboxylic acids is 1. The zero-order chi connectivity index (χ0) is 25.1. The van der Waals surface area contributed by atoms with Gasteiger partial charge in [0.2, 0.25) is 17.7 Å². The summed E-state index contributed by atoms with van der Waals surface area (Å²) in [5.74, 6) is -3.03. The normalized spacial score (nSPS) is 17.2. The molecule has 1 aliphatic heterocycles. The summed E-state index contributed by atoms with van der Waals surface area (Å²) in [5.41, 5.74) is 10.6. The average Bonchev–Trinajstić information content (AvgIpc) is 3.17. The number of aliphatic imine (C=N–C) groups is 1. The third-order valence-corrected chi connectivity index (χ3v) is 5.15. The summed E-state index contributed by atoms with van der Waals surface area (Å²) in [6.07, 6.45) is 1.24. The van der Waals surface area contributed by atoms with Crippen LogP contribution in [0.1, 0.15) is 59.3 Å². The molecule has 1 rings (SSSR count). The smallest absolute Gasteiger partial charge is 0.305 e. The number of hydrogen-bond donors (Lipinski definition) is 5. The lowest BCUT2D eigenvalue weighted by molar-refractivity contribution is -0.143. The number of nitrogens with two attached hydrogens (primary N) is 2. The number of nitrogens with zero attached hydrogens (tertiary/aromatic N) is 2. The van der Waals surface area contributed by atoms with Crippen molar-refractivity contribution in [2.75, 3.05) is 13.1 Å².